The van der Waals surface area contributed by atoms with E-state index in [0.29, 0.717) is 24.8 Å². The lowest BCUT2D eigenvalue weighted by molar-refractivity contribution is 0.178. The summed E-state index contributed by atoms with van der Waals surface area (Å²) in [4.78, 5) is 17.6. The molecule has 0 aromatic carbocycles. The molecule has 9 heteroatoms. The SMILES string of the molecule is CCCc1c(Cn2ccnc2-c2ncccc2F)ncn2nc(COC)nc12. The van der Waals surface area contributed by atoms with Crippen LogP contribution in [0.25, 0.3) is 17.2 Å². The van der Waals surface area contributed by atoms with Crippen molar-refractivity contribution in [3.63, 3.8) is 0 Å². The van der Waals surface area contributed by atoms with Crippen molar-refractivity contribution in [3.8, 4) is 11.5 Å². The van der Waals surface area contributed by atoms with E-state index < -0.39 is 5.82 Å². The quantitative estimate of drug-likeness (QED) is 0.489. The number of halogens is 1. The number of fused-ring (bicyclic) bond motifs is 1. The number of hydrogen-bond donors (Lipinski definition) is 0. The molecule has 0 atom stereocenters. The number of aryl methyl sites for hydroxylation is 1. The van der Waals surface area contributed by atoms with Gasteiger partial charge >= 0.3 is 0 Å². The smallest absolute Gasteiger partial charge is 0.177 e. The highest BCUT2D eigenvalue weighted by molar-refractivity contribution is 5.52. The maximum absolute atomic E-state index is 14.2. The molecule has 0 spiro atoms. The van der Waals surface area contributed by atoms with Crippen LogP contribution in [0, 0.1) is 5.82 Å². The number of rotatable bonds is 7. The molecule has 0 amide bonds. The monoisotopic (exact) mass is 381 g/mol. The van der Waals surface area contributed by atoms with E-state index in [2.05, 4.69) is 32.0 Å². The molecule has 0 saturated carbocycles. The van der Waals surface area contributed by atoms with Gasteiger partial charge < -0.3 is 9.30 Å². The van der Waals surface area contributed by atoms with E-state index in [-0.39, 0.29) is 5.69 Å². The molecule has 4 heterocycles. The molecule has 28 heavy (non-hydrogen) atoms. The lowest BCUT2D eigenvalue weighted by Gasteiger charge is -2.11. The molecule has 0 aliphatic rings. The number of aromatic nitrogens is 7. The molecule has 0 aliphatic carbocycles. The average Bonchev–Trinajstić information content (AvgIpc) is 3.31. The van der Waals surface area contributed by atoms with E-state index in [0.717, 1.165) is 29.7 Å². The highest BCUT2D eigenvalue weighted by Crippen LogP contribution is 2.21. The van der Waals surface area contributed by atoms with Crippen LogP contribution in [0.5, 0.6) is 0 Å². The second kappa shape index (κ2) is 7.81. The van der Waals surface area contributed by atoms with Gasteiger partial charge in [0, 0.05) is 31.3 Å². The third-order valence-electron chi connectivity index (χ3n) is 4.40. The standard InChI is InChI=1S/C19H20FN7O/c1-3-5-13-15(23-12-27-18(13)24-16(25-27)11-28-2)10-26-9-8-22-19(26)17-14(20)6-4-7-21-17/h4,6-9,12H,3,5,10-11H2,1-2H3. The molecule has 4 aromatic heterocycles. The predicted octanol–water partition coefficient (Wildman–Crippen LogP) is 2.67. The molecule has 0 radical (unpaired) electrons. The lowest BCUT2D eigenvalue weighted by Crippen LogP contribution is -2.10. The van der Waals surface area contributed by atoms with E-state index in [9.17, 15) is 4.39 Å². The summed E-state index contributed by atoms with van der Waals surface area (Å²) in [5.41, 5.74) is 2.85. The van der Waals surface area contributed by atoms with Crippen molar-refractivity contribution in [1.82, 2.24) is 34.1 Å². The molecule has 0 saturated heterocycles. The van der Waals surface area contributed by atoms with E-state index >= 15 is 0 Å². The zero-order valence-electron chi connectivity index (χ0n) is 15.7. The van der Waals surface area contributed by atoms with Gasteiger partial charge in [0.1, 0.15) is 18.6 Å². The Kier molecular flexibility index (Phi) is 5.07. The number of hydrogen-bond acceptors (Lipinski definition) is 6. The first-order valence-corrected chi connectivity index (χ1v) is 9.04. The van der Waals surface area contributed by atoms with E-state index in [1.54, 1.807) is 42.6 Å². The summed E-state index contributed by atoms with van der Waals surface area (Å²) < 4.78 is 22.8. The fourth-order valence-corrected chi connectivity index (χ4v) is 3.18. The van der Waals surface area contributed by atoms with Crippen LogP contribution in [-0.4, -0.2) is 41.2 Å². The van der Waals surface area contributed by atoms with Gasteiger partial charge in [0.25, 0.3) is 0 Å². The van der Waals surface area contributed by atoms with Crippen LogP contribution < -0.4 is 0 Å². The Hall–Kier alpha value is -3.20. The van der Waals surface area contributed by atoms with Crippen LogP contribution in [0.2, 0.25) is 0 Å². The minimum Gasteiger partial charge on any atom is -0.377 e. The molecule has 0 aliphatic heterocycles. The van der Waals surface area contributed by atoms with Crippen LogP contribution >= 0.6 is 0 Å². The first-order valence-electron chi connectivity index (χ1n) is 9.04. The van der Waals surface area contributed by atoms with E-state index in [1.807, 2.05) is 4.57 Å². The van der Waals surface area contributed by atoms with Crippen molar-refractivity contribution in [1.29, 1.82) is 0 Å². The zero-order valence-corrected chi connectivity index (χ0v) is 15.7. The first kappa shape index (κ1) is 18.2. The van der Waals surface area contributed by atoms with E-state index in [4.69, 9.17) is 4.74 Å². The van der Waals surface area contributed by atoms with Gasteiger partial charge in [0.15, 0.2) is 23.1 Å². The molecule has 4 aromatic rings. The fourth-order valence-electron chi connectivity index (χ4n) is 3.18. The number of ether oxygens (including phenoxy) is 1. The lowest BCUT2D eigenvalue weighted by atomic mass is 10.1. The molecule has 4 rings (SSSR count). The molecule has 8 nitrogen and oxygen atoms in total. The van der Waals surface area contributed by atoms with Crippen LogP contribution in [0.1, 0.15) is 30.4 Å². The first-order chi connectivity index (χ1) is 13.7. The van der Waals surface area contributed by atoms with Crippen LogP contribution in [0.4, 0.5) is 4.39 Å². The Morgan fingerprint density at radius 1 is 1.18 bits per heavy atom. The molecular formula is C19H20FN7O. The molecule has 144 valence electrons. The van der Waals surface area contributed by atoms with Crippen LogP contribution in [0.3, 0.4) is 0 Å². The van der Waals surface area contributed by atoms with Crippen molar-refractivity contribution in [2.45, 2.75) is 32.9 Å². The summed E-state index contributed by atoms with van der Waals surface area (Å²) in [6.45, 7) is 2.88. The van der Waals surface area contributed by atoms with Gasteiger partial charge in [-0.15, -0.1) is 5.10 Å². The minimum absolute atomic E-state index is 0.218. The maximum atomic E-state index is 14.2. The Morgan fingerprint density at radius 3 is 2.86 bits per heavy atom. The average molecular weight is 381 g/mol. The largest absolute Gasteiger partial charge is 0.377 e. The van der Waals surface area contributed by atoms with Crippen LogP contribution in [-0.2, 0) is 24.3 Å². The third-order valence-corrected chi connectivity index (χ3v) is 4.40. The molecule has 0 bridgehead atoms. The van der Waals surface area contributed by atoms with Gasteiger partial charge in [-0.2, -0.15) is 0 Å². The molecular weight excluding hydrogens is 361 g/mol. The Bertz CT molecular complexity index is 1100. The summed E-state index contributed by atoms with van der Waals surface area (Å²) in [6.07, 6.45) is 8.37. The van der Waals surface area contributed by atoms with Crippen molar-refractivity contribution in [2.75, 3.05) is 7.11 Å². The number of nitrogens with zero attached hydrogens (tertiary/aromatic N) is 7. The fraction of sp³-hybridized carbons (Fsp3) is 0.316. The highest BCUT2D eigenvalue weighted by Gasteiger charge is 2.17. The Balaban J connectivity index is 1.75. The molecule has 0 fully saturated rings. The summed E-state index contributed by atoms with van der Waals surface area (Å²) in [6, 6.07) is 2.94. The van der Waals surface area contributed by atoms with Crippen molar-refractivity contribution in [2.24, 2.45) is 0 Å². The Labute approximate surface area is 161 Å². The summed E-state index contributed by atoms with van der Waals surface area (Å²) in [5, 5.41) is 4.40. The second-order valence-electron chi connectivity index (χ2n) is 6.36. The van der Waals surface area contributed by atoms with Crippen molar-refractivity contribution < 1.29 is 9.13 Å². The van der Waals surface area contributed by atoms with Gasteiger partial charge in [-0.3, -0.25) is 0 Å². The number of methoxy groups -OCH3 is 1. The minimum atomic E-state index is -0.409. The van der Waals surface area contributed by atoms with Gasteiger partial charge in [-0.25, -0.2) is 28.8 Å². The normalized spacial score (nSPS) is 11.4. The van der Waals surface area contributed by atoms with Gasteiger partial charge in [-0.1, -0.05) is 13.3 Å². The predicted molar refractivity (Wildman–Crippen MR) is 100 cm³/mol. The summed E-state index contributed by atoms with van der Waals surface area (Å²) in [7, 11) is 1.61. The molecule has 0 N–H and O–H groups in total. The maximum Gasteiger partial charge on any atom is 0.177 e. The molecule has 0 unspecified atom stereocenters. The number of pyridine rings is 1. The Morgan fingerprint density at radius 2 is 2.07 bits per heavy atom. The van der Waals surface area contributed by atoms with Gasteiger partial charge in [0.05, 0.1) is 12.2 Å². The van der Waals surface area contributed by atoms with Crippen molar-refractivity contribution >= 4 is 5.65 Å². The third kappa shape index (κ3) is 3.36. The highest BCUT2D eigenvalue weighted by atomic mass is 19.1. The topological polar surface area (TPSA) is 83.0 Å². The van der Waals surface area contributed by atoms with Gasteiger partial charge in [0.2, 0.25) is 0 Å². The number of imidazole rings is 1. The van der Waals surface area contributed by atoms with Crippen LogP contribution in [0.15, 0.2) is 37.1 Å². The van der Waals surface area contributed by atoms with Gasteiger partial charge in [-0.05, 0) is 18.6 Å². The van der Waals surface area contributed by atoms with Crippen molar-refractivity contribution in [3.05, 3.63) is 59.9 Å². The van der Waals surface area contributed by atoms with E-state index in [1.165, 1.54) is 6.07 Å². The summed E-state index contributed by atoms with van der Waals surface area (Å²) in [5.74, 6) is 0.662. The second-order valence-corrected chi connectivity index (χ2v) is 6.36. The summed E-state index contributed by atoms with van der Waals surface area (Å²) >= 11 is 0. The zero-order chi connectivity index (χ0) is 19.5.